The number of imide groups is 1. The number of benzene rings is 2. The maximum absolute atomic E-state index is 13.3. The number of amides is 4. The molecule has 1 aliphatic heterocycles. The number of nitrogens with zero attached hydrogens (tertiary/aromatic N) is 2. The Morgan fingerprint density at radius 3 is 2.47 bits per heavy atom. The Labute approximate surface area is 198 Å². The number of hydrogen-bond donors (Lipinski definition) is 2. The molecule has 1 unspecified atom stereocenters. The third-order valence-corrected chi connectivity index (χ3v) is 5.93. The summed E-state index contributed by atoms with van der Waals surface area (Å²) in [5, 5.41) is 5.66. The molecule has 0 aliphatic carbocycles. The number of aromatic nitrogens is 1. The minimum Gasteiger partial charge on any atom is -0.323 e. The lowest BCUT2D eigenvalue weighted by Gasteiger charge is -2.22. The summed E-state index contributed by atoms with van der Waals surface area (Å²) in [6.45, 7) is 1.15. The molecule has 2 N–H and O–H groups in total. The minimum absolute atomic E-state index is 0.200. The molecule has 0 radical (unpaired) electrons. The van der Waals surface area contributed by atoms with Gasteiger partial charge in [-0.2, -0.15) is 0 Å². The Morgan fingerprint density at radius 2 is 1.76 bits per heavy atom. The van der Waals surface area contributed by atoms with Crippen molar-refractivity contribution < 1.29 is 18.8 Å². The van der Waals surface area contributed by atoms with Gasteiger partial charge in [0.2, 0.25) is 5.91 Å². The molecule has 8 nitrogen and oxygen atoms in total. The Morgan fingerprint density at radius 1 is 1.06 bits per heavy atom. The van der Waals surface area contributed by atoms with Gasteiger partial charge in [-0.05, 0) is 42.3 Å². The van der Waals surface area contributed by atoms with E-state index in [9.17, 15) is 23.6 Å². The average molecular weight is 483 g/mol. The number of halogens is 2. The maximum atomic E-state index is 13.3. The van der Waals surface area contributed by atoms with Crippen LogP contribution in [0.4, 0.5) is 14.9 Å². The van der Waals surface area contributed by atoms with E-state index in [1.54, 1.807) is 24.3 Å². The molecule has 4 rings (SSSR count). The van der Waals surface area contributed by atoms with Gasteiger partial charge in [-0.3, -0.25) is 19.3 Å². The number of anilines is 1. The van der Waals surface area contributed by atoms with E-state index in [1.165, 1.54) is 54.1 Å². The summed E-state index contributed by atoms with van der Waals surface area (Å²) in [5.74, 6) is -1.74. The first-order valence-electron chi connectivity index (χ1n) is 10.3. The number of carbonyl (C=O) groups is 3. The third kappa shape index (κ3) is 4.55. The molecule has 1 aromatic heterocycles. The number of carbonyl (C=O) groups excluding carboxylic acids is 3. The van der Waals surface area contributed by atoms with Gasteiger partial charge in [0.05, 0.1) is 12.2 Å². The van der Waals surface area contributed by atoms with E-state index in [0.717, 1.165) is 10.5 Å². The van der Waals surface area contributed by atoms with Gasteiger partial charge in [0.25, 0.3) is 11.5 Å². The van der Waals surface area contributed by atoms with Crippen LogP contribution in [0.5, 0.6) is 0 Å². The Hall–Kier alpha value is -3.98. The molecular formula is C24H20ClFN4O4. The van der Waals surface area contributed by atoms with E-state index in [-0.39, 0.29) is 12.1 Å². The molecule has 4 amide bonds. The summed E-state index contributed by atoms with van der Waals surface area (Å²) in [5.41, 5.74) is -0.282. The number of rotatable bonds is 6. The van der Waals surface area contributed by atoms with Crippen molar-refractivity contribution in [1.82, 2.24) is 14.8 Å². The van der Waals surface area contributed by atoms with Crippen molar-refractivity contribution in [2.45, 2.75) is 19.0 Å². The second kappa shape index (κ2) is 9.11. The van der Waals surface area contributed by atoms with Crippen LogP contribution in [-0.2, 0) is 21.7 Å². The fourth-order valence-electron chi connectivity index (χ4n) is 3.70. The fourth-order valence-corrected chi connectivity index (χ4v) is 3.90. The molecule has 2 heterocycles. The summed E-state index contributed by atoms with van der Waals surface area (Å²) in [6, 6.07) is 14.2. The molecule has 1 aliphatic rings. The van der Waals surface area contributed by atoms with Crippen LogP contribution in [0.15, 0.2) is 71.7 Å². The molecule has 1 fully saturated rings. The van der Waals surface area contributed by atoms with Crippen molar-refractivity contribution in [1.29, 1.82) is 0 Å². The highest BCUT2D eigenvalue weighted by Crippen LogP contribution is 2.29. The quantitative estimate of drug-likeness (QED) is 0.527. The smallest absolute Gasteiger partial charge is 0.323 e. The summed E-state index contributed by atoms with van der Waals surface area (Å²) in [6.07, 6.45) is 1.46. The van der Waals surface area contributed by atoms with Crippen LogP contribution < -0.4 is 16.2 Å². The zero-order valence-electron chi connectivity index (χ0n) is 18.0. The number of hydrogen-bond acceptors (Lipinski definition) is 4. The Kier molecular flexibility index (Phi) is 6.21. The zero-order valence-corrected chi connectivity index (χ0v) is 18.8. The van der Waals surface area contributed by atoms with E-state index in [0.29, 0.717) is 16.3 Å². The fraction of sp³-hybridized carbons (Fsp3) is 0.167. The Bertz CT molecular complexity index is 1340. The minimum atomic E-state index is -1.42. The highest BCUT2D eigenvalue weighted by atomic mass is 35.5. The van der Waals surface area contributed by atoms with Crippen molar-refractivity contribution in [3.05, 3.63) is 99.2 Å². The van der Waals surface area contributed by atoms with Crippen LogP contribution in [-0.4, -0.2) is 33.9 Å². The van der Waals surface area contributed by atoms with Crippen molar-refractivity contribution in [3.8, 4) is 0 Å². The molecule has 1 atom stereocenters. The number of pyridine rings is 1. The molecule has 0 saturated carbocycles. The predicted molar refractivity (Wildman–Crippen MR) is 124 cm³/mol. The maximum Gasteiger partial charge on any atom is 0.325 e. The number of urea groups is 1. The molecule has 0 spiro atoms. The van der Waals surface area contributed by atoms with Crippen LogP contribution in [0.2, 0.25) is 5.02 Å². The van der Waals surface area contributed by atoms with Crippen LogP contribution in [0, 0.1) is 5.82 Å². The van der Waals surface area contributed by atoms with Gasteiger partial charge in [-0.1, -0.05) is 41.9 Å². The van der Waals surface area contributed by atoms with Crippen LogP contribution >= 0.6 is 11.6 Å². The van der Waals surface area contributed by atoms with Crippen molar-refractivity contribution >= 4 is 35.1 Å². The van der Waals surface area contributed by atoms with E-state index in [2.05, 4.69) is 10.6 Å². The molecule has 3 aromatic rings. The Balaban J connectivity index is 1.47. The van der Waals surface area contributed by atoms with Gasteiger partial charge < -0.3 is 15.2 Å². The van der Waals surface area contributed by atoms with Crippen molar-refractivity contribution in [3.63, 3.8) is 0 Å². The highest BCUT2D eigenvalue weighted by molar-refractivity contribution is 6.31. The highest BCUT2D eigenvalue weighted by Gasteiger charge is 2.49. The first-order chi connectivity index (χ1) is 16.2. The van der Waals surface area contributed by atoms with Gasteiger partial charge in [-0.15, -0.1) is 0 Å². The standard InChI is InChI=1S/C24H20ClFN4O4/c1-24(16-6-8-17(26)9-7-16)22(33)30(23(34)28-24)14-20(31)27-18-10-11-21(32)29(13-18)12-15-4-2-3-5-19(15)25/h2-11,13H,12,14H2,1H3,(H,27,31)(H,28,34). The predicted octanol–water partition coefficient (Wildman–Crippen LogP) is 3.09. The summed E-state index contributed by atoms with van der Waals surface area (Å²) >= 11 is 6.17. The molecule has 10 heteroatoms. The van der Waals surface area contributed by atoms with Crippen molar-refractivity contribution in [2.24, 2.45) is 0 Å². The third-order valence-electron chi connectivity index (χ3n) is 5.56. The van der Waals surface area contributed by atoms with Crippen LogP contribution in [0.3, 0.4) is 0 Å². The summed E-state index contributed by atoms with van der Waals surface area (Å²) in [4.78, 5) is 51.1. The average Bonchev–Trinajstić information content (AvgIpc) is 3.01. The molecule has 34 heavy (non-hydrogen) atoms. The molecular weight excluding hydrogens is 463 g/mol. The second-order valence-electron chi connectivity index (χ2n) is 7.98. The topological polar surface area (TPSA) is 101 Å². The first-order valence-corrected chi connectivity index (χ1v) is 10.7. The first kappa shape index (κ1) is 23.2. The lowest BCUT2D eigenvalue weighted by atomic mass is 9.92. The summed E-state index contributed by atoms with van der Waals surface area (Å²) < 4.78 is 14.6. The van der Waals surface area contributed by atoms with Crippen LogP contribution in [0.1, 0.15) is 18.1 Å². The van der Waals surface area contributed by atoms with Gasteiger partial charge >= 0.3 is 6.03 Å². The lowest BCUT2D eigenvalue weighted by Crippen LogP contribution is -2.42. The molecule has 0 bridgehead atoms. The largest absolute Gasteiger partial charge is 0.325 e. The SMILES string of the molecule is CC1(c2ccc(F)cc2)NC(=O)N(CC(=O)Nc2ccc(=O)n(Cc3ccccc3Cl)c2)C1=O. The van der Waals surface area contributed by atoms with E-state index in [1.807, 2.05) is 0 Å². The normalized spacial score (nSPS) is 17.6. The monoisotopic (exact) mass is 482 g/mol. The van der Waals surface area contributed by atoms with E-state index >= 15 is 0 Å². The van der Waals surface area contributed by atoms with Gasteiger partial charge in [-0.25, -0.2) is 9.18 Å². The van der Waals surface area contributed by atoms with Crippen molar-refractivity contribution in [2.75, 3.05) is 11.9 Å². The molecule has 174 valence electrons. The number of nitrogens with one attached hydrogen (secondary N) is 2. The van der Waals surface area contributed by atoms with E-state index < -0.39 is 35.7 Å². The molecule has 1 saturated heterocycles. The summed E-state index contributed by atoms with van der Waals surface area (Å²) in [7, 11) is 0. The zero-order chi connectivity index (χ0) is 24.5. The lowest BCUT2D eigenvalue weighted by molar-refractivity contribution is -0.133. The second-order valence-corrected chi connectivity index (χ2v) is 8.38. The molecule has 2 aromatic carbocycles. The van der Waals surface area contributed by atoms with Crippen LogP contribution in [0.25, 0.3) is 0 Å². The van der Waals surface area contributed by atoms with Gasteiger partial charge in [0, 0.05) is 17.3 Å². The van der Waals surface area contributed by atoms with E-state index in [4.69, 9.17) is 11.6 Å². The van der Waals surface area contributed by atoms with Gasteiger partial charge in [0.15, 0.2) is 0 Å². The van der Waals surface area contributed by atoms with Gasteiger partial charge in [0.1, 0.15) is 17.9 Å².